The first kappa shape index (κ1) is 6.39. The third-order valence-corrected chi connectivity index (χ3v) is 1.53. The molecule has 0 unspecified atom stereocenters. The van der Waals surface area contributed by atoms with Crippen LogP contribution < -0.4 is 5.32 Å². The normalized spacial score (nSPS) is 17.3. The summed E-state index contributed by atoms with van der Waals surface area (Å²) < 4.78 is 0. The molecule has 52 valence electrons. The summed E-state index contributed by atoms with van der Waals surface area (Å²) in [5.41, 5.74) is 0. The summed E-state index contributed by atoms with van der Waals surface area (Å²) in [5, 5.41) is 10.5. The first-order valence-corrected chi connectivity index (χ1v) is 3.26. The van der Waals surface area contributed by atoms with Crippen LogP contribution in [0.3, 0.4) is 0 Å². The van der Waals surface area contributed by atoms with Gasteiger partial charge >= 0.3 is 6.09 Å². The van der Waals surface area contributed by atoms with Gasteiger partial charge in [-0.2, -0.15) is 0 Å². The van der Waals surface area contributed by atoms with Gasteiger partial charge in [0.15, 0.2) is 0 Å². The van der Waals surface area contributed by atoms with Crippen LogP contribution in [0.4, 0.5) is 4.79 Å². The zero-order chi connectivity index (χ0) is 6.69. The van der Waals surface area contributed by atoms with Gasteiger partial charge in [-0.05, 0) is 12.3 Å². The number of hydrogen-bond donors (Lipinski definition) is 2. The topological polar surface area (TPSA) is 49.3 Å². The van der Waals surface area contributed by atoms with Gasteiger partial charge in [-0.1, -0.05) is 12.8 Å². The van der Waals surface area contributed by atoms with E-state index in [-0.39, 0.29) is 0 Å². The van der Waals surface area contributed by atoms with E-state index in [9.17, 15) is 4.79 Å². The number of amides is 1. The van der Waals surface area contributed by atoms with Gasteiger partial charge in [-0.15, -0.1) is 0 Å². The van der Waals surface area contributed by atoms with Crippen LogP contribution in [0.1, 0.15) is 19.3 Å². The van der Waals surface area contributed by atoms with Crippen molar-refractivity contribution in [2.24, 2.45) is 5.92 Å². The van der Waals surface area contributed by atoms with Crippen molar-refractivity contribution in [2.75, 3.05) is 6.54 Å². The lowest BCUT2D eigenvalue weighted by atomic mass is 10.3. The monoisotopic (exact) mass is 129 g/mol. The number of nitrogens with one attached hydrogen (secondary N) is 1. The molecule has 0 heterocycles. The van der Waals surface area contributed by atoms with Crippen molar-refractivity contribution >= 4 is 6.09 Å². The maximum Gasteiger partial charge on any atom is 0.404 e. The maximum atomic E-state index is 9.89. The number of carboxylic acid groups (broad SMARTS) is 1. The van der Waals surface area contributed by atoms with Crippen LogP contribution >= 0.6 is 0 Å². The van der Waals surface area contributed by atoms with Crippen LogP contribution in [-0.4, -0.2) is 17.7 Å². The second-order valence-corrected chi connectivity index (χ2v) is 2.46. The van der Waals surface area contributed by atoms with E-state index in [1.54, 1.807) is 0 Å². The molecule has 0 aromatic rings. The Kier molecular flexibility index (Phi) is 1.92. The van der Waals surface area contributed by atoms with Gasteiger partial charge in [-0.25, -0.2) is 4.79 Å². The Morgan fingerprint density at radius 2 is 2.33 bits per heavy atom. The molecule has 0 saturated heterocycles. The summed E-state index contributed by atoms with van der Waals surface area (Å²) in [6, 6.07) is 0. The number of carbonyl (C=O) groups is 1. The SMILES string of the molecule is O=C(O)NCCC1CC1. The molecule has 1 amide bonds. The van der Waals surface area contributed by atoms with E-state index < -0.39 is 6.09 Å². The van der Waals surface area contributed by atoms with Crippen molar-refractivity contribution in [3.05, 3.63) is 0 Å². The summed E-state index contributed by atoms with van der Waals surface area (Å²) in [6.07, 6.45) is 2.70. The van der Waals surface area contributed by atoms with Crippen molar-refractivity contribution in [2.45, 2.75) is 19.3 Å². The molecule has 0 atom stereocenters. The minimum Gasteiger partial charge on any atom is -0.465 e. The molecule has 0 aromatic heterocycles. The van der Waals surface area contributed by atoms with Gasteiger partial charge in [0, 0.05) is 6.54 Å². The second kappa shape index (κ2) is 2.71. The van der Waals surface area contributed by atoms with Crippen LogP contribution in [0.25, 0.3) is 0 Å². The number of hydrogen-bond acceptors (Lipinski definition) is 1. The van der Waals surface area contributed by atoms with Crippen molar-refractivity contribution < 1.29 is 9.90 Å². The van der Waals surface area contributed by atoms with Crippen molar-refractivity contribution in [3.8, 4) is 0 Å². The fourth-order valence-corrected chi connectivity index (χ4v) is 0.790. The molecule has 0 spiro atoms. The van der Waals surface area contributed by atoms with Gasteiger partial charge in [0.1, 0.15) is 0 Å². The zero-order valence-corrected chi connectivity index (χ0v) is 5.26. The molecular formula is C6H11NO2. The molecule has 3 nitrogen and oxygen atoms in total. The third-order valence-electron chi connectivity index (χ3n) is 1.53. The molecular weight excluding hydrogens is 118 g/mol. The Hall–Kier alpha value is -0.730. The van der Waals surface area contributed by atoms with Crippen molar-refractivity contribution in [1.82, 2.24) is 5.32 Å². The Morgan fingerprint density at radius 3 is 2.78 bits per heavy atom. The van der Waals surface area contributed by atoms with Crippen molar-refractivity contribution in [3.63, 3.8) is 0 Å². The van der Waals surface area contributed by atoms with E-state index in [0.29, 0.717) is 6.54 Å². The van der Waals surface area contributed by atoms with Crippen LogP contribution in [0, 0.1) is 5.92 Å². The quantitative estimate of drug-likeness (QED) is 0.598. The Morgan fingerprint density at radius 1 is 1.67 bits per heavy atom. The molecule has 0 radical (unpaired) electrons. The second-order valence-electron chi connectivity index (χ2n) is 2.46. The van der Waals surface area contributed by atoms with Gasteiger partial charge in [-0.3, -0.25) is 0 Å². The predicted molar refractivity (Wildman–Crippen MR) is 33.4 cm³/mol. The Labute approximate surface area is 54.1 Å². The highest BCUT2D eigenvalue weighted by atomic mass is 16.4. The standard InChI is InChI=1S/C6H11NO2/c8-6(9)7-4-3-5-1-2-5/h5,7H,1-4H2,(H,8,9). The molecule has 0 bridgehead atoms. The Balaban J connectivity index is 1.86. The average molecular weight is 129 g/mol. The predicted octanol–water partition coefficient (Wildman–Crippen LogP) is 1.05. The lowest BCUT2D eigenvalue weighted by Crippen LogP contribution is -2.21. The van der Waals surface area contributed by atoms with Gasteiger partial charge in [0.25, 0.3) is 0 Å². The summed E-state index contributed by atoms with van der Waals surface area (Å²) in [4.78, 5) is 9.89. The van der Waals surface area contributed by atoms with E-state index >= 15 is 0 Å². The summed E-state index contributed by atoms with van der Waals surface area (Å²) in [6.45, 7) is 0.625. The van der Waals surface area contributed by atoms with Crippen LogP contribution in [0.2, 0.25) is 0 Å². The Bertz CT molecular complexity index is 110. The van der Waals surface area contributed by atoms with E-state index in [1.165, 1.54) is 12.8 Å². The van der Waals surface area contributed by atoms with Gasteiger partial charge in [0.05, 0.1) is 0 Å². The summed E-state index contributed by atoms with van der Waals surface area (Å²) in [5.74, 6) is 0.817. The largest absolute Gasteiger partial charge is 0.465 e. The lowest BCUT2D eigenvalue weighted by molar-refractivity contribution is 0.194. The molecule has 9 heavy (non-hydrogen) atoms. The van der Waals surface area contributed by atoms with E-state index in [4.69, 9.17) is 5.11 Å². The molecule has 1 aliphatic rings. The minimum absolute atomic E-state index is 0.625. The van der Waals surface area contributed by atoms with E-state index in [1.807, 2.05) is 0 Å². The smallest absolute Gasteiger partial charge is 0.404 e. The minimum atomic E-state index is -0.907. The molecule has 0 aromatic carbocycles. The zero-order valence-electron chi connectivity index (χ0n) is 5.26. The first-order valence-electron chi connectivity index (χ1n) is 3.26. The van der Waals surface area contributed by atoms with Crippen LogP contribution in [0.5, 0.6) is 0 Å². The third kappa shape index (κ3) is 2.95. The molecule has 1 rings (SSSR count). The highest BCUT2D eigenvalue weighted by Crippen LogP contribution is 2.31. The maximum absolute atomic E-state index is 9.89. The van der Waals surface area contributed by atoms with Crippen LogP contribution in [0.15, 0.2) is 0 Å². The molecule has 3 heteroatoms. The molecule has 1 fully saturated rings. The summed E-state index contributed by atoms with van der Waals surface area (Å²) in [7, 11) is 0. The fourth-order valence-electron chi connectivity index (χ4n) is 0.790. The fraction of sp³-hybridized carbons (Fsp3) is 0.833. The lowest BCUT2D eigenvalue weighted by Gasteiger charge is -1.96. The van der Waals surface area contributed by atoms with Crippen molar-refractivity contribution in [1.29, 1.82) is 0 Å². The van der Waals surface area contributed by atoms with Gasteiger partial charge in [0.2, 0.25) is 0 Å². The molecule has 2 N–H and O–H groups in total. The highest BCUT2D eigenvalue weighted by molar-refractivity contribution is 5.64. The van der Waals surface area contributed by atoms with E-state index in [2.05, 4.69) is 5.32 Å². The molecule has 1 aliphatic carbocycles. The summed E-state index contributed by atoms with van der Waals surface area (Å²) >= 11 is 0. The number of rotatable bonds is 3. The van der Waals surface area contributed by atoms with Crippen LogP contribution in [-0.2, 0) is 0 Å². The first-order chi connectivity index (χ1) is 4.29. The molecule has 0 aliphatic heterocycles. The highest BCUT2D eigenvalue weighted by Gasteiger charge is 2.20. The molecule has 1 saturated carbocycles. The van der Waals surface area contributed by atoms with E-state index in [0.717, 1.165) is 12.3 Å². The average Bonchev–Trinajstić information content (AvgIpc) is 2.48. The van der Waals surface area contributed by atoms with Gasteiger partial charge < -0.3 is 10.4 Å².